The van der Waals surface area contributed by atoms with Gasteiger partial charge in [-0.2, -0.15) is 0 Å². The number of anilines is 1. The molecule has 0 atom stereocenters. The van der Waals surface area contributed by atoms with Crippen molar-refractivity contribution in [1.82, 2.24) is 9.97 Å². The minimum absolute atomic E-state index is 0.236. The molecule has 0 radical (unpaired) electrons. The summed E-state index contributed by atoms with van der Waals surface area (Å²) in [5, 5.41) is 3.45. The highest BCUT2D eigenvalue weighted by atomic mass is 32.1. The molecule has 3 aromatic heterocycles. The number of amides is 1. The first-order valence-corrected chi connectivity index (χ1v) is 10.1. The van der Waals surface area contributed by atoms with E-state index in [1.807, 2.05) is 12.1 Å². The minimum atomic E-state index is -0.236. The molecular weight excluding hydrogens is 374 g/mol. The van der Waals surface area contributed by atoms with Crippen molar-refractivity contribution in [2.24, 2.45) is 5.92 Å². The Morgan fingerprint density at radius 2 is 2.18 bits per heavy atom. The lowest BCUT2D eigenvalue weighted by atomic mass is 9.95. The van der Waals surface area contributed by atoms with Gasteiger partial charge in [0.05, 0.1) is 17.5 Å². The lowest BCUT2D eigenvalue weighted by Gasteiger charge is -2.21. The third kappa shape index (κ3) is 4.21. The van der Waals surface area contributed by atoms with Crippen molar-refractivity contribution in [2.45, 2.75) is 19.3 Å². The smallest absolute Gasteiger partial charge is 0.259 e. The van der Waals surface area contributed by atoms with Gasteiger partial charge in [-0.1, -0.05) is 6.58 Å². The highest BCUT2D eigenvalue weighted by Crippen LogP contribution is 2.35. The Morgan fingerprint density at radius 3 is 2.86 bits per heavy atom. The largest absolute Gasteiger partial charge is 0.463 e. The summed E-state index contributed by atoms with van der Waals surface area (Å²) in [4.78, 5) is 22.5. The molecule has 0 unspecified atom stereocenters. The number of thiazole rings is 1. The van der Waals surface area contributed by atoms with Crippen molar-refractivity contribution < 1.29 is 13.9 Å². The second-order valence-electron chi connectivity index (χ2n) is 6.66. The number of carbonyl (C=O) groups is 1. The summed E-state index contributed by atoms with van der Waals surface area (Å²) in [5.74, 6) is 1.04. The van der Waals surface area contributed by atoms with Crippen LogP contribution >= 0.6 is 11.3 Å². The zero-order valence-corrected chi connectivity index (χ0v) is 16.2. The predicted octanol–water partition coefficient (Wildman–Crippen LogP) is 4.66. The van der Waals surface area contributed by atoms with Crippen LogP contribution in [0, 0.1) is 5.92 Å². The van der Waals surface area contributed by atoms with Gasteiger partial charge in [0.25, 0.3) is 5.91 Å². The monoisotopic (exact) mass is 395 g/mol. The van der Waals surface area contributed by atoms with Crippen LogP contribution in [0.3, 0.4) is 0 Å². The molecule has 1 N–H and O–H groups in total. The minimum Gasteiger partial charge on any atom is -0.463 e. The summed E-state index contributed by atoms with van der Waals surface area (Å²) >= 11 is 1.50. The summed E-state index contributed by atoms with van der Waals surface area (Å²) in [6.07, 6.45) is 7.80. The van der Waals surface area contributed by atoms with Gasteiger partial charge in [0.1, 0.15) is 5.69 Å². The van der Waals surface area contributed by atoms with E-state index in [-0.39, 0.29) is 5.91 Å². The fourth-order valence-electron chi connectivity index (χ4n) is 3.19. The first-order chi connectivity index (χ1) is 13.7. The van der Waals surface area contributed by atoms with Gasteiger partial charge in [-0.05, 0) is 55.5 Å². The maximum atomic E-state index is 12.6. The van der Waals surface area contributed by atoms with E-state index in [1.54, 1.807) is 24.5 Å². The summed E-state index contributed by atoms with van der Waals surface area (Å²) in [6, 6.07) is 7.22. The van der Waals surface area contributed by atoms with E-state index >= 15 is 0 Å². The van der Waals surface area contributed by atoms with Crippen molar-refractivity contribution in [3.05, 3.63) is 59.4 Å². The second kappa shape index (κ2) is 8.50. The number of nitrogens with one attached hydrogen (secondary N) is 1. The quantitative estimate of drug-likeness (QED) is 0.657. The molecule has 3 aromatic rings. The molecule has 144 valence electrons. The first-order valence-electron chi connectivity index (χ1n) is 9.24. The van der Waals surface area contributed by atoms with Crippen LogP contribution in [0.4, 0.5) is 5.13 Å². The molecule has 1 saturated heterocycles. The fourth-order valence-corrected chi connectivity index (χ4v) is 4.27. The van der Waals surface area contributed by atoms with Crippen molar-refractivity contribution >= 4 is 28.5 Å². The Balaban J connectivity index is 1.55. The van der Waals surface area contributed by atoms with Crippen molar-refractivity contribution in [1.29, 1.82) is 0 Å². The zero-order chi connectivity index (χ0) is 19.3. The van der Waals surface area contributed by atoms with Crippen molar-refractivity contribution in [3.63, 3.8) is 0 Å². The van der Waals surface area contributed by atoms with Gasteiger partial charge in [-0.15, -0.1) is 11.3 Å². The molecule has 7 heteroatoms. The van der Waals surface area contributed by atoms with E-state index in [9.17, 15) is 4.79 Å². The van der Waals surface area contributed by atoms with E-state index in [0.717, 1.165) is 54.5 Å². The molecule has 0 saturated carbocycles. The number of carbonyl (C=O) groups excluding carboxylic acids is 1. The highest BCUT2D eigenvalue weighted by molar-refractivity contribution is 7.16. The van der Waals surface area contributed by atoms with Gasteiger partial charge in [0.15, 0.2) is 10.9 Å². The van der Waals surface area contributed by atoms with Gasteiger partial charge in [-0.3, -0.25) is 15.1 Å². The highest BCUT2D eigenvalue weighted by Gasteiger charge is 2.22. The molecule has 0 aromatic carbocycles. The van der Waals surface area contributed by atoms with Crippen molar-refractivity contribution in [3.8, 4) is 11.5 Å². The van der Waals surface area contributed by atoms with E-state index in [2.05, 4.69) is 21.9 Å². The van der Waals surface area contributed by atoms with Gasteiger partial charge in [0.2, 0.25) is 0 Å². The SMILES string of the molecule is C=Cc1ccc(C(=O)Nc2nc(-c3ccco3)c(CC3CCOCC3)s2)cn1. The van der Waals surface area contributed by atoms with E-state index in [1.165, 1.54) is 17.5 Å². The average molecular weight is 395 g/mol. The fraction of sp³-hybridized carbons (Fsp3) is 0.286. The number of ether oxygens (including phenoxy) is 1. The molecule has 1 aliphatic heterocycles. The second-order valence-corrected chi connectivity index (χ2v) is 7.74. The van der Waals surface area contributed by atoms with E-state index < -0.39 is 0 Å². The normalized spacial score (nSPS) is 14.7. The molecule has 0 bridgehead atoms. The first kappa shape index (κ1) is 18.6. The Morgan fingerprint density at radius 1 is 1.32 bits per heavy atom. The van der Waals surface area contributed by atoms with Gasteiger partial charge < -0.3 is 9.15 Å². The number of hydrogen-bond donors (Lipinski definition) is 1. The van der Waals surface area contributed by atoms with E-state index in [0.29, 0.717) is 16.6 Å². The molecule has 28 heavy (non-hydrogen) atoms. The predicted molar refractivity (Wildman–Crippen MR) is 109 cm³/mol. The average Bonchev–Trinajstić information content (AvgIpc) is 3.39. The third-order valence-corrected chi connectivity index (χ3v) is 5.74. The molecule has 4 rings (SSSR count). The van der Waals surface area contributed by atoms with Crippen LogP contribution in [-0.4, -0.2) is 29.1 Å². The summed E-state index contributed by atoms with van der Waals surface area (Å²) < 4.78 is 11.0. The molecule has 4 heterocycles. The molecular formula is C21H21N3O3S. The topological polar surface area (TPSA) is 77.2 Å². The van der Waals surface area contributed by atoms with Crippen LogP contribution in [0.25, 0.3) is 17.5 Å². The van der Waals surface area contributed by atoms with Gasteiger partial charge in [0, 0.05) is 24.3 Å². The number of furan rings is 1. The molecule has 1 amide bonds. The van der Waals surface area contributed by atoms with Crippen LogP contribution in [-0.2, 0) is 11.2 Å². The molecule has 0 spiro atoms. The number of rotatable bonds is 6. The Hall–Kier alpha value is -2.77. The summed E-state index contributed by atoms with van der Waals surface area (Å²) in [6.45, 7) is 5.27. The van der Waals surface area contributed by atoms with Crippen LogP contribution < -0.4 is 5.32 Å². The molecule has 1 fully saturated rings. The lowest BCUT2D eigenvalue weighted by Crippen LogP contribution is -2.17. The number of pyridine rings is 1. The molecule has 1 aliphatic rings. The zero-order valence-electron chi connectivity index (χ0n) is 15.4. The molecule has 0 aliphatic carbocycles. The van der Waals surface area contributed by atoms with Crippen LogP contribution in [0.1, 0.15) is 33.8 Å². The van der Waals surface area contributed by atoms with Gasteiger partial charge >= 0.3 is 0 Å². The summed E-state index contributed by atoms with van der Waals surface area (Å²) in [5.41, 5.74) is 2.01. The molecule has 6 nitrogen and oxygen atoms in total. The van der Waals surface area contributed by atoms with Crippen LogP contribution in [0.5, 0.6) is 0 Å². The van der Waals surface area contributed by atoms with Crippen molar-refractivity contribution in [2.75, 3.05) is 18.5 Å². The Bertz CT molecular complexity index is 942. The summed E-state index contributed by atoms with van der Waals surface area (Å²) in [7, 11) is 0. The van der Waals surface area contributed by atoms with E-state index in [4.69, 9.17) is 9.15 Å². The third-order valence-electron chi connectivity index (χ3n) is 4.75. The Kier molecular flexibility index (Phi) is 5.64. The standard InChI is InChI=1S/C21H21N3O3S/c1-2-16-6-5-15(13-22-16)20(25)24-21-23-19(17-4-3-9-27-17)18(28-21)12-14-7-10-26-11-8-14/h2-6,9,13-14H,1,7-8,10-12H2,(H,23,24,25). The van der Waals surface area contributed by atoms with Gasteiger partial charge in [-0.25, -0.2) is 4.98 Å². The maximum absolute atomic E-state index is 12.6. The van der Waals surface area contributed by atoms with Crippen LogP contribution in [0.15, 0.2) is 47.7 Å². The maximum Gasteiger partial charge on any atom is 0.259 e. The number of hydrogen-bond acceptors (Lipinski definition) is 6. The number of nitrogens with zero attached hydrogens (tertiary/aromatic N) is 2. The lowest BCUT2D eigenvalue weighted by molar-refractivity contribution is 0.0667. The Labute approximate surface area is 167 Å². The number of aromatic nitrogens is 2. The van der Waals surface area contributed by atoms with Crippen LogP contribution in [0.2, 0.25) is 0 Å².